The first-order valence-corrected chi connectivity index (χ1v) is 10.1. The molecule has 0 atom stereocenters. The van der Waals surface area contributed by atoms with Crippen LogP contribution >= 0.6 is 21.6 Å². The second-order valence-corrected chi connectivity index (χ2v) is 9.17. The second-order valence-electron chi connectivity index (χ2n) is 6.47. The topological polar surface area (TPSA) is 12.5 Å². The molecule has 1 saturated heterocycles. The fourth-order valence-corrected chi connectivity index (χ4v) is 4.28. The minimum atomic E-state index is 0.514. The van der Waals surface area contributed by atoms with Crippen LogP contribution in [0.4, 0.5) is 0 Å². The van der Waals surface area contributed by atoms with Gasteiger partial charge in [0.25, 0.3) is 0 Å². The van der Waals surface area contributed by atoms with Crippen molar-refractivity contribution in [1.29, 1.82) is 0 Å². The summed E-state index contributed by atoms with van der Waals surface area (Å²) >= 11 is 0. The quantitative estimate of drug-likeness (QED) is 0.465. The van der Waals surface area contributed by atoms with Crippen molar-refractivity contribution in [3.8, 4) is 0 Å². The van der Waals surface area contributed by atoms with Crippen molar-refractivity contribution in [3.63, 3.8) is 0 Å². The molecular formula is C15H31NOS2. The van der Waals surface area contributed by atoms with Crippen molar-refractivity contribution in [1.82, 2.24) is 4.90 Å². The molecule has 0 unspecified atom stereocenters. The molecule has 2 nitrogen and oxygen atoms in total. The first-order chi connectivity index (χ1) is 9.08. The highest BCUT2D eigenvalue weighted by molar-refractivity contribution is 8.76. The third kappa shape index (κ3) is 11.0. The van der Waals surface area contributed by atoms with Gasteiger partial charge in [-0.2, -0.15) is 0 Å². The molecule has 114 valence electrons. The molecule has 0 spiro atoms. The van der Waals surface area contributed by atoms with Gasteiger partial charge >= 0.3 is 0 Å². The molecule has 0 N–H and O–H groups in total. The molecule has 19 heavy (non-hydrogen) atoms. The first-order valence-electron chi connectivity index (χ1n) is 7.62. The number of nitrogens with zero attached hydrogens (tertiary/aromatic N) is 1. The van der Waals surface area contributed by atoms with Crippen LogP contribution < -0.4 is 0 Å². The molecule has 0 aromatic heterocycles. The Morgan fingerprint density at radius 2 is 1.63 bits per heavy atom. The number of unbranched alkanes of at least 4 members (excludes halogenated alkanes) is 2. The van der Waals surface area contributed by atoms with Crippen molar-refractivity contribution >= 4 is 21.6 Å². The average Bonchev–Trinajstić information content (AvgIpc) is 2.37. The van der Waals surface area contributed by atoms with Gasteiger partial charge in [-0.3, -0.25) is 4.90 Å². The number of ether oxygens (including phenoxy) is 1. The monoisotopic (exact) mass is 305 g/mol. The maximum absolute atomic E-state index is 5.35. The van der Waals surface area contributed by atoms with Crippen LogP contribution in [-0.4, -0.2) is 49.3 Å². The van der Waals surface area contributed by atoms with Gasteiger partial charge in [0.1, 0.15) is 0 Å². The summed E-state index contributed by atoms with van der Waals surface area (Å²) in [5.41, 5.74) is 0.514. The van der Waals surface area contributed by atoms with Gasteiger partial charge < -0.3 is 4.74 Å². The van der Waals surface area contributed by atoms with E-state index >= 15 is 0 Å². The van der Waals surface area contributed by atoms with Gasteiger partial charge in [-0.15, -0.1) is 0 Å². The highest BCUT2D eigenvalue weighted by atomic mass is 33.1. The van der Waals surface area contributed by atoms with E-state index in [0.29, 0.717) is 5.41 Å². The van der Waals surface area contributed by atoms with Crippen molar-refractivity contribution in [2.45, 2.75) is 46.5 Å². The zero-order valence-corrected chi connectivity index (χ0v) is 14.6. The van der Waals surface area contributed by atoms with Crippen LogP contribution in [0.1, 0.15) is 46.5 Å². The Labute approximate surface area is 127 Å². The van der Waals surface area contributed by atoms with E-state index in [0.717, 1.165) is 26.3 Å². The van der Waals surface area contributed by atoms with Gasteiger partial charge in [-0.25, -0.2) is 0 Å². The standard InChI is InChI=1S/C15H31NOS2/c1-15(2,3)7-5-4-6-13-18-19-14-10-16-8-11-17-12-9-16/h4-14H2,1-3H3. The van der Waals surface area contributed by atoms with Crippen molar-refractivity contribution < 1.29 is 4.74 Å². The molecule has 0 aliphatic carbocycles. The predicted octanol–water partition coefficient (Wildman–Crippen LogP) is 4.31. The Morgan fingerprint density at radius 3 is 2.32 bits per heavy atom. The molecule has 0 saturated carbocycles. The van der Waals surface area contributed by atoms with Gasteiger partial charge in [-0.1, -0.05) is 55.2 Å². The van der Waals surface area contributed by atoms with Gasteiger partial charge in [0.05, 0.1) is 13.2 Å². The van der Waals surface area contributed by atoms with Crippen LogP contribution in [0.2, 0.25) is 0 Å². The SMILES string of the molecule is CC(C)(C)CCCCCSSCCN1CCOCC1. The zero-order chi connectivity index (χ0) is 14.0. The molecule has 0 aromatic rings. The fourth-order valence-electron chi connectivity index (χ4n) is 2.10. The van der Waals surface area contributed by atoms with Crippen LogP contribution in [0.3, 0.4) is 0 Å². The minimum Gasteiger partial charge on any atom is -0.379 e. The second kappa shape index (κ2) is 10.4. The molecular weight excluding hydrogens is 274 g/mol. The van der Waals surface area contributed by atoms with Crippen LogP contribution in [0.5, 0.6) is 0 Å². The third-order valence-corrected chi connectivity index (χ3v) is 5.80. The average molecular weight is 306 g/mol. The minimum absolute atomic E-state index is 0.514. The Morgan fingerprint density at radius 1 is 0.947 bits per heavy atom. The lowest BCUT2D eigenvalue weighted by atomic mass is 9.90. The molecule has 0 aromatic carbocycles. The van der Waals surface area contributed by atoms with E-state index in [-0.39, 0.29) is 0 Å². The smallest absolute Gasteiger partial charge is 0.0594 e. The number of rotatable bonds is 9. The molecule has 0 amide bonds. The molecule has 4 heteroatoms. The highest BCUT2D eigenvalue weighted by Gasteiger charge is 2.10. The maximum Gasteiger partial charge on any atom is 0.0594 e. The van der Waals surface area contributed by atoms with Crippen LogP contribution in [0.25, 0.3) is 0 Å². The maximum atomic E-state index is 5.35. The number of hydrogen-bond donors (Lipinski definition) is 0. The normalized spacial score (nSPS) is 17.8. The van der Waals surface area contributed by atoms with E-state index in [4.69, 9.17) is 4.74 Å². The van der Waals surface area contributed by atoms with Crippen molar-refractivity contribution in [3.05, 3.63) is 0 Å². The Balaban J connectivity index is 1.78. The molecule has 0 bridgehead atoms. The lowest BCUT2D eigenvalue weighted by Crippen LogP contribution is -2.37. The van der Waals surface area contributed by atoms with Gasteiger partial charge in [0.15, 0.2) is 0 Å². The summed E-state index contributed by atoms with van der Waals surface area (Å²) in [6.07, 6.45) is 5.53. The van der Waals surface area contributed by atoms with Crippen LogP contribution in [-0.2, 0) is 4.74 Å². The summed E-state index contributed by atoms with van der Waals surface area (Å²) < 4.78 is 5.35. The predicted molar refractivity (Wildman–Crippen MR) is 90.1 cm³/mol. The van der Waals surface area contributed by atoms with Crippen LogP contribution in [0.15, 0.2) is 0 Å². The van der Waals surface area contributed by atoms with Crippen molar-refractivity contribution in [2.24, 2.45) is 5.41 Å². The van der Waals surface area contributed by atoms with Gasteiger partial charge in [-0.05, 0) is 18.3 Å². The molecule has 1 aliphatic rings. The van der Waals surface area contributed by atoms with E-state index < -0.39 is 0 Å². The van der Waals surface area contributed by atoms with E-state index in [1.165, 1.54) is 43.7 Å². The van der Waals surface area contributed by atoms with E-state index in [9.17, 15) is 0 Å². The Kier molecular flexibility index (Phi) is 9.64. The molecule has 1 fully saturated rings. The zero-order valence-electron chi connectivity index (χ0n) is 13.0. The van der Waals surface area contributed by atoms with Gasteiger partial charge in [0, 0.05) is 31.1 Å². The summed E-state index contributed by atoms with van der Waals surface area (Å²) in [6.45, 7) is 12.3. The Bertz CT molecular complexity index is 213. The summed E-state index contributed by atoms with van der Waals surface area (Å²) in [7, 11) is 4.10. The first kappa shape index (κ1) is 17.7. The number of morpholine rings is 1. The highest BCUT2D eigenvalue weighted by Crippen LogP contribution is 2.25. The lowest BCUT2D eigenvalue weighted by Gasteiger charge is -2.26. The molecule has 0 radical (unpaired) electrons. The fraction of sp³-hybridized carbons (Fsp3) is 1.00. The number of hydrogen-bond acceptors (Lipinski definition) is 4. The summed E-state index contributed by atoms with van der Waals surface area (Å²) in [5, 5.41) is 0. The third-order valence-electron chi connectivity index (χ3n) is 3.33. The van der Waals surface area contributed by atoms with Gasteiger partial charge in [0.2, 0.25) is 0 Å². The molecule has 1 rings (SSSR count). The largest absolute Gasteiger partial charge is 0.379 e. The molecule has 1 aliphatic heterocycles. The van der Waals surface area contributed by atoms with Crippen molar-refractivity contribution in [2.75, 3.05) is 44.4 Å². The summed E-state index contributed by atoms with van der Waals surface area (Å²) in [4.78, 5) is 2.51. The van der Waals surface area contributed by atoms with E-state index in [1.54, 1.807) is 0 Å². The Hall–Kier alpha value is 0.620. The summed E-state index contributed by atoms with van der Waals surface area (Å²) in [5.74, 6) is 2.57. The van der Waals surface area contributed by atoms with E-state index in [2.05, 4.69) is 36.5 Å². The molecule has 1 heterocycles. The summed E-state index contributed by atoms with van der Waals surface area (Å²) in [6, 6.07) is 0. The van der Waals surface area contributed by atoms with Crippen LogP contribution in [0, 0.1) is 5.41 Å². The lowest BCUT2D eigenvalue weighted by molar-refractivity contribution is 0.0410. The van der Waals surface area contributed by atoms with E-state index in [1.807, 2.05) is 10.8 Å².